The molecule has 1 aliphatic heterocycles. The van der Waals surface area contributed by atoms with E-state index in [1.807, 2.05) is 0 Å². The Labute approximate surface area is 73.1 Å². The molecule has 3 nitrogen and oxygen atoms in total. The van der Waals surface area contributed by atoms with Gasteiger partial charge in [0.2, 0.25) is 0 Å². The van der Waals surface area contributed by atoms with Crippen LogP contribution in [-0.2, 0) is 4.74 Å². The lowest BCUT2D eigenvalue weighted by atomic mass is 10.1. The Hall–Kier alpha value is -0.330. The van der Waals surface area contributed by atoms with Gasteiger partial charge in [-0.2, -0.15) is 13.2 Å². The zero-order valence-corrected chi connectivity index (χ0v) is 7.01. The molecule has 1 fully saturated rings. The molecule has 2 atom stereocenters. The molecule has 0 saturated carbocycles. The summed E-state index contributed by atoms with van der Waals surface area (Å²) in [5, 5.41) is 17.4. The fourth-order valence-corrected chi connectivity index (χ4v) is 1.16. The average Bonchev–Trinajstić information content (AvgIpc) is 2.66. The van der Waals surface area contributed by atoms with E-state index in [0.29, 0.717) is 12.8 Å². The predicted molar refractivity (Wildman–Crippen MR) is 36.8 cm³/mol. The van der Waals surface area contributed by atoms with Gasteiger partial charge in [-0.25, -0.2) is 0 Å². The molecule has 1 heterocycles. The first-order chi connectivity index (χ1) is 5.80. The molecule has 0 aromatic carbocycles. The van der Waals surface area contributed by atoms with E-state index >= 15 is 0 Å². The Kier molecular flexibility index (Phi) is 2.57. The van der Waals surface area contributed by atoms with E-state index in [9.17, 15) is 13.2 Å². The van der Waals surface area contributed by atoms with Crippen LogP contribution in [0.15, 0.2) is 0 Å². The average molecular weight is 200 g/mol. The molecule has 0 aliphatic carbocycles. The zero-order valence-electron chi connectivity index (χ0n) is 7.01. The van der Waals surface area contributed by atoms with Gasteiger partial charge in [-0.3, -0.25) is 0 Å². The Balaban J connectivity index is 2.54. The minimum Gasteiger partial charge on any atom is -0.363 e. The highest BCUT2D eigenvalue weighted by Gasteiger charge is 2.67. The highest BCUT2D eigenvalue weighted by atomic mass is 19.4. The highest BCUT2D eigenvalue weighted by Crippen LogP contribution is 2.42. The van der Waals surface area contributed by atoms with Gasteiger partial charge >= 0.3 is 6.18 Å². The van der Waals surface area contributed by atoms with Crippen LogP contribution in [0.1, 0.15) is 19.8 Å². The quantitative estimate of drug-likeness (QED) is 0.523. The van der Waals surface area contributed by atoms with Crippen molar-refractivity contribution in [1.82, 2.24) is 0 Å². The van der Waals surface area contributed by atoms with E-state index < -0.39 is 24.2 Å². The molecule has 6 heteroatoms. The van der Waals surface area contributed by atoms with Crippen molar-refractivity contribution in [3.05, 3.63) is 0 Å². The van der Waals surface area contributed by atoms with E-state index in [1.54, 1.807) is 6.92 Å². The first-order valence-electron chi connectivity index (χ1n) is 3.97. The van der Waals surface area contributed by atoms with Crippen LogP contribution in [0.25, 0.3) is 0 Å². The molecule has 0 radical (unpaired) electrons. The smallest absolute Gasteiger partial charge is 0.363 e. The van der Waals surface area contributed by atoms with Crippen molar-refractivity contribution in [3.63, 3.8) is 0 Å². The van der Waals surface area contributed by atoms with Crippen LogP contribution in [0, 0.1) is 0 Å². The number of alkyl halides is 3. The van der Waals surface area contributed by atoms with Gasteiger partial charge in [-0.15, -0.1) is 0 Å². The number of hydrogen-bond acceptors (Lipinski definition) is 3. The van der Waals surface area contributed by atoms with Crippen LogP contribution in [0.3, 0.4) is 0 Å². The van der Waals surface area contributed by atoms with Gasteiger partial charge in [0, 0.05) is 0 Å². The zero-order chi connectivity index (χ0) is 10.3. The number of hydrogen-bond donors (Lipinski definition) is 2. The monoisotopic (exact) mass is 200 g/mol. The molecule has 0 spiro atoms. The molecule has 78 valence electrons. The Morgan fingerprint density at radius 1 is 1.31 bits per heavy atom. The second-order valence-electron chi connectivity index (χ2n) is 3.11. The summed E-state index contributed by atoms with van der Waals surface area (Å²) in [6, 6.07) is 0. The molecule has 1 rings (SSSR count). The highest BCUT2D eigenvalue weighted by molar-refractivity contribution is 4.98. The van der Waals surface area contributed by atoms with E-state index in [2.05, 4.69) is 4.74 Å². The van der Waals surface area contributed by atoms with Gasteiger partial charge in [0.25, 0.3) is 5.79 Å². The summed E-state index contributed by atoms with van der Waals surface area (Å²) >= 11 is 0. The van der Waals surface area contributed by atoms with Crippen LogP contribution in [0.4, 0.5) is 13.2 Å². The minimum atomic E-state index is -5.06. The maximum atomic E-state index is 12.0. The Bertz CT molecular complexity index is 190. The minimum absolute atomic E-state index is 0.406. The van der Waals surface area contributed by atoms with Crippen molar-refractivity contribution in [2.24, 2.45) is 0 Å². The van der Waals surface area contributed by atoms with Crippen molar-refractivity contribution in [2.75, 3.05) is 0 Å². The van der Waals surface area contributed by atoms with Gasteiger partial charge in [-0.05, 0) is 6.42 Å². The summed E-state index contributed by atoms with van der Waals surface area (Å²) in [5.74, 6) is -3.70. The van der Waals surface area contributed by atoms with Crippen LogP contribution >= 0.6 is 0 Å². The van der Waals surface area contributed by atoms with Crippen molar-refractivity contribution in [2.45, 2.75) is 43.9 Å². The largest absolute Gasteiger partial charge is 0.445 e. The summed E-state index contributed by atoms with van der Waals surface area (Å²) in [5.41, 5.74) is 0. The third-order valence-corrected chi connectivity index (χ3v) is 1.97. The fourth-order valence-electron chi connectivity index (χ4n) is 1.16. The Morgan fingerprint density at radius 3 is 2.23 bits per heavy atom. The van der Waals surface area contributed by atoms with Crippen molar-refractivity contribution in [1.29, 1.82) is 0 Å². The number of aliphatic hydroxyl groups is 2. The molecular weight excluding hydrogens is 189 g/mol. The molecular formula is C7H11F3O3. The molecule has 1 saturated heterocycles. The van der Waals surface area contributed by atoms with E-state index in [-0.39, 0.29) is 0 Å². The van der Waals surface area contributed by atoms with Gasteiger partial charge in [-0.1, -0.05) is 13.3 Å². The second-order valence-corrected chi connectivity index (χ2v) is 3.11. The number of halogens is 3. The molecule has 2 N–H and O–H groups in total. The fraction of sp³-hybridized carbons (Fsp3) is 1.00. The molecule has 1 aliphatic rings. The molecule has 0 bridgehead atoms. The summed E-state index contributed by atoms with van der Waals surface area (Å²) in [6.45, 7) is 1.78. The summed E-state index contributed by atoms with van der Waals surface area (Å²) in [4.78, 5) is 0. The predicted octanol–water partition coefficient (Wildman–Crippen LogP) is 0.797. The maximum Gasteiger partial charge on any atom is 0.445 e. The third-order valence-electron chi connectivity index (χ3n) is 1.97. The lowest BCUT2D eigenvalue weighted by Gasteiger charge is -2.22. The summed E-state index contributed by atoms with van der Waals surface area (Å²) in [7, 11) is 0. The van der Waals surface area contributed by atoms with Crippen molar-refractivity contribution >= 4 is 0 Å². The Morgan fingerprint density at radius 2 is 1.85 bits per heavy atom. The molecule has 0 unspecified atom stereocenters. The molecule has 13 heavy (non-hydrogen) atoms. The van der Waals surface area contributed by atoms with E-state index in [1.165, 1.54) is 0 Å². The molecule has 0 aromatic heterocycles. The third kappa shape index (κ3) is 1.95. The second kappa shape index (κ2) is 3.11. The van der Waals surface area contributed by atoms with E-state index in [0.717, 1.165) is 0 Å². The van der Waals surface area contributed by atoms with Crippen LogP contribution in [-0.4, -0.2) is 34.4 Å². The first kappa shape index (κ1) is 10.7. The maximum absolute atomic E-state index is 12.0. The standard InChI is InChI=1S/C7H11F3O3/c1-2-3-4-5(13-4)6(11,12)7(8,9)10/h4-5,11-12H,2-3H2,1H3/t4-,5+/m1/s1. The van der Waals surface area contributed by atoms with E-state index in [4.69, 9.17) is 10.2 Å². The molecule has 0 amide bonds. The van der Waals surface area contributed by atoms with Crippen LogP contribution in [0.2, 0.25) is 0 Å². The van der Waals surface area contributed by atoms with Crippen LogP contribution < -0.4 is 0 Å². The molecule has 0 aromatic rings. The SMILES string of the molecule is CCC[C@H]1O[C@@H]1C(O)(O)C(F)(F)F. The topological polar surface area (TPSA) is 53.0 Å². The first-order valence-corrected chi connectivity index (χ1v) is 3.97. The lowest BCUT2D eigenvalue weighted by molar-refractivity contribution is -0.355. The van der Waals surface area contributed by atoms with Gasteiger partial charge in [0.05, 0.1) is 6.10 Å². The van der Waals surface area contributed by atoms with Gasteiger partial charge in [0.15, 0.2) is 0 Å². The van der Waals surface area contributed by atoms with Gasteiger partial charge in [0.1, 0.15) is 6.10 Å². The number of epoxide rings is 1. The number of rotatable bonds is 3. The van der Waals surface area contributed by atoms with Gasteiger partial charge < -0.3 is 14.9 Å². The van der Waals surface area contributed by atoms with Crippen molar-refractivity contribution < 1.29 is 28.1 Å². The summed E-state index contributed by atoms with van der Waals surface area (Å²) in [6.07, 6.45) is -6.20. The number of ether oxygens (including phenoxy) is 1. The normalized spacial score (nSPS) is 29.1. The summed E-state index contributed by atoms with van der Waals surface area (Å²) < 4.78 is 40.4. The van der Waals surface area contributed by atoms with Crippen molar-refractivity contribution in [3.8, 4) is 0 Å². The lowest BCUT2D eigenvalue weighted by Crippen LogP contribution is -2.50. The van der Waals surface area contributed by atoms with Crippen LogP contribution in [0.5, 0.6) is 0 Å².